The van der Waals surface area contributed by atoms with E-state index in [-0.39, 0.29) is 22.8 Å². The first-order chi connectivity index (χ1) is 11.0. The van der Waals surface area contributed by atoms with E-state index in [1.807, 2.05) is 0 Å². The summed E-state index contributed by atoms with van der Waals surface area (Å²) in [5.41, 5.74) is 2.04. The number of nitrogens with zero attached hydrogens (tertiary/aromatic N) is 2. The van der Waals surface area contributed by atoms with E-state index >= 15 is 0 Å². The number of aromatic nitrogens is 2. The number of nitrogens with one attached hydrogen (secondary N) is 3. The molecule has 1 unspecified atom stereocenters. The Morgan fingerprint density at radius 3 is 2.96 bits per heavy atom. The minimum absolute atomic E-state index is 0.0348. The van der Waals surface area contributed by atoms with Crippen LogP contribution in [-0.4, -0.2) is 21.8 Å². The molecular weight excluding hydrogens is 297 g/mol. The summed E-state index contributed by atoms with van der Waals surface area (Å²) >= 11 is 0. The topological polar surface area (TPSA) is 94.6 Å². The van der Waals surface area contributed by atoms with Crippen molar-refractivity contribution in [3.05, 3.63) is 52.5 Å². The normalized spacial score (nSPS) is 16.0. The number of amides is 1. The Kier molecular flexibility index (Phi) is 3.77. The fourth-order valence-corrected chi connectivity index (χ4v) is 2.86. The fraction of sp³-hybridized carbons (Fsp3) is 0.250. The Balaban J connectivity index is 2.01. The Hall–Kier alpha value is -2.83. The highest BCUT2D eigenvalue weighted by Crippen LogP contribution is 2.31. The van der Waals surface area contributed by atoms with Crippen LogP contribution in [0.1, 0.15) is 40.9 Å². The Bertz CT molecular complexity index is 841. The van der Waals surface area contributed by atoms with Crippen molar-refractivity contribution in [2.45, 2.75) is 25.7 Å². The van der Waals surface area contributed by atoms with Crippen LogP contribution in [0.2, 0.25) is 0 Å². The standard InChI is InChI=1S/C16H16FN5O/c1-9-2-4-13-11(9)6-12(15(19)22(13)8-18)16(23)21-14-5-3-10(17)7-20-14/h3,5-9,18-19H,2,4H2,1H3,(H,20,21,23). The second-order valence-corrected chi connectivity index (χ2v) is 5.56. The Morgan fingerprint density at radius 2 is 2.30 bits per heavy atom. The van der Waals surface area contributed by atoms with E-state index in [0.29, 0.717) is 0 Å². The summed E-state index contributed by atoms with van der Waals surface area (Å²) in [6.45, 7) is 2.06. The molecule has 3 N–H and O–H groups in total. The third-order valence-corrected chi connectivity index (χ3v) is 4.11. The molecule has 23 heavy (non-hydrogen) atoms. The van der Waals surface area contributed by atoms with Crippen LogP contribution in [0.3, 0.4) is 0 Å². The van der Waals surface area contributed by atoms with Crippen molar-refractivity contribution in [3.63, 3.8) is 0 Å². The van der Waals surface area contributed by atoms with E-state index < -0.39 is 11.7 Å². The first-order valence-electron chi connectivity index (χ1n) is 7.27. The van der Waals surface area contributed by atoms with Gasteiger partial charge in [-0.1, -0.05) is 6.92 Å². The molecule has 0 bridgehead atoms. The number of rotatable bonds is 3. The van der Waals surface area contributed by atoms with Crippen LogP contribution in [0.4, 0.5) is 10.2 Å². The number of hydrogen-bond donors (Lipinski definition) is 3. The van der Waals surface area contributed by atoms with Gasteiger partial charge >= 0.3 is 0 Å². The van der Waals surface area contributed by atoms with Gasteiger partial charge in [-0.25, -0.2) is 9.37 Å². The van der Waals surface area contributed by atoms with Crippen LogP contribution in [-0.2, 0) is 6.42 Å². The average molecular weight is 313 g/mol. The molecule has 1 aliphatic carbocycles. The van der Waals surface area contributed by atoms with Gasteiger partial charge in [-0.3, -0.25) is 20.2 Å². The number of fused-ring (bicyclic) bond motifs is 1. The van der Waals surface area contributed by atoms with Gasteiger partial charge in [0.05, 0.1) is 18.1 Å². The van der Waals surface area contributed by atoms with Crippen molar-refractivity contribution in [1.29, 1.82) is 10.8 Å². The van der Waals surface area contributed by atoms with Gasteiger partial charge < -0.3 is 5.32 Å². The molecule has 3 rings (SSSR count). The zero-order chi connectivity index (χ0) is 16.6. The Morgan fingerprint density at radius 1 is 1.52 bits per heavy atom. The number of anilines is 1. The molecule has 2 heterocycles. The van der Waals surface area contributed by atoms with Crippen molar-refractivity contribution in [1.82, 2.24) is 9.55 Å². The van der Waals surface area contributed by atoms with E-state index in [1.54, 1.807) is 6.07 Å². The van der Waals surface area contributed by atoms with E-state index in [1.165, 1.54) is 16.7 Å². The summed E-state index contributed by atoms with van der Waals surface area (Å²) in [5.74, 6) is -0.484. The van der Waals surface area contributed by atoms with Crippen LogP contribution >= 0.6 is 0 Å². The van der Waals surface area contributed by atoms with Gasteiger partial charge in [0.2, 0.25) is 0 Å². The van der Waals surface area contributed by atoms with Crippen molar-refractivity contribution in [2.24, 2.45) is 0 Å². The van der Waals surface area contributed by atoms with Crippen LogP contribution in [0.25, 0.3) is 0 Å². The molecule has 2 aromatic rings. The summed E-state index contributed by atoms with van der Waals surface area (Å²) in [6, 6.07) is 4.28. The number of carbonyl (C=O) groups is 1. The lowest BCUT2D eigenvalue weighted by Crippen LogP contribution is -2.31. The van der Waals surface area contributed by atoms with E-state index in [0.717, 1.165) is 36.6 Å². The van der Waals surface area contributed by atoms with Crippen LogP contribution in [0.5, 0.6) is 0 Å². The first-order valence-corrected chi connectivity index (χ1v) is 7.27. The molecule has 2 aromatic heterocycles. The fourth-order valence-electron chi connectivity index (χ4n) is 2.86. The second-order valence-electron chi connectivity index (χ2n) is 5.56. The van der Waals surface area contributed by atoms with E-state index in [9.17, 15) is 9.18 Å². The highest BCUT2D eigenvalue weighted by atomic mass is 19.1. The minimum Gasteiger partial charge on any atom is -0.306 e. The molecule has 118 valence electrons. The number of pyridine rings is 2. The quantitative estimate of drug-likeness (QED) is 0.599. The van der Waals surface area contributed by atoms with Crippen LogP contribution in [0, 0.1) is 16.6 Å². The predicted molar refractivity (Wildman–Crippen MR) is 83.4 cm³/mol. The third kappa shape index (κ3) is 2.65. The SMILES string of the molecule is CC1CCc2c1cc(C(=O)Nc1ccc(F)cn1)c(=N)n2C=N. The molecule has 0 radical (unpaired) electrons. The molecule has 0 fully saturated rings. The first kappa shape index (κ1) is 15.1. The lowest BCUT2D eigenvalue weighted by Gasteiger charge is -2.13. The van der Waals surface area contributed by atoms with Crippen molar-refractivity contribution >= 4 is 18.1 Å². The molecule has 6 nitrogen and oxygen atoms in total. The van der Waals surface area contributed by atoms with Crippen LogP contribution < -0.4 is 10.8 Å². The van der Waals surface area contributed by atoms with Crippen LogP contribution in [0.15, 0.2) is 24.4 Å². The average Bonchev–Trinajstić information content (AvgIpc) is 2.90. The summed E-state index contributed by atoms with van der Waals surface area (Å²) in [4.78, 5) is 16.2. The van der Waals surface area contributed by atoms with Gasteiger partial charge in [-0.05, 0) is 42.5 Å². The molecule has 1 aliphatic rings. The highest BCUT2D eigenvalue weighted by molar-refractivity contribution is 6.03. The van der Waals surface area contributed by atoms with Gasteiger partial charge in [-0.15, -0.1) is 0 Å². The number of carbonyl (C=O) groups excluding carboxylic acids is 1. The largest absolute Gasteiger partial charge is 0.306 e. The molecule has 0 saturated carbocycles. The van der Waals surface area contributed by atoms with Gasteiger partial charge in [0, 0.05) is 5.69 Å². The maximum absolute atomic E-state index is 12.9. The van der Waals surface area contributed by atoms with Gasteiger partial charge in [0.15, 0.2) is 0 Å². The summed E-state index contributed by atoms with van der Waals surface area (Å²) in [5, 5.41) is 18.3. The lowest BCUT2D eigenvalue weighted by molar-refractivity contribution is 0.102. The predicted octanol–water partition coefficient (Wildman–Crippen LogP) is 2.26. The van der Waals surface area contributed by atoms with E-state index in [4.69, 9.17) is 10.8 Å². The molecule has 0 aromatic carbocycles. The second kappa shape index (κ2) is 5.75. The van der Waals surface area contributed by atoms with Gasteiger partial charge in [-0.2, -0.15) is 0 Å². The minimum atomic E-state index is -0.494. The smallest absolute Gasteiger partial charge is 0.260 e. The molecular formula is C16H16FN5O. The molecule has 0 aliphatic heterocycles. The molecule has 1 atom stereocenters. The number of halogens is 1. The monoisotopic (exact) mass is 313 g/mol. The maximum atomic E-state index is 12.9. The lowest BCUT2D eigenvalue weighted by atomic mass is 10.0. The van der Waals surface area contributed by atoms with Gasteiger partial charge in [0.25, 0.3) is 5.91 Å². The third-order valence-electron chi connectivity index (χ3n) is 4.11. The summed E-state index contributed by atoms with van der Waals surface area (Å²) in [6.07, 6.45) is 3.80. The van der Waals surface area contributed by atoms with Crippen molar-refractivity contribution < 1.29 is 9.18 Å². The van der Waals surface area contributed by atoms with Crippen molar-refractivity contribution in [2.75, 3.05) is 5.32 Å². The zero-order valence-corrected chi connectivity index (χ0v) is 12.6. The Labute approximate surface area is 132 Å². The van der Waals surface area contributed by atoms with E-state index in [2.05, 4.69) is 17.2 Å². The highest BCUT2D eigenvalue weighted by Gasteiger charge is 2.24. The molecule has 0 spiro atoms. The molecule has 7 heteroatoms. The van der Waals surface area contributed by atoms with Gasteiger partial charge in [0.1, 0.15) is 17.1 Å². The number of hydrogen-bond acceptors (Lipinski definition) is 4. The molecule has 0 saturated heterocycles. The summed E-state index contributed by atoms with van der Waals surface area (Å²) in [7, 11) is 0. The maximum Gasteiger partial charge on any atom is 0.260 e. The molecule has 1 amide bonds. The zero-order valence-electron chi connectivity index (χ0n) is 12.6. The van der Waals surface area contributed by atoms with Crippen molar-refractivity contribution in [3.8, 4) is 0 Å². The summed E-state index contributed by atoms with van der Waals surface area (Å²) < 4.78 is 14.3.